The van der Waals surface area contributed by atoms with Crippen LogP contribution in [-0.4, -0.2) is 24.9 Å². The third kappa shape index (κ3) is 2.43. The number of hydrogen-bond acceptors (Lipinski definition) is 5. The monoisotopic (exact) mass is 319 g/mol. The van der Waals surface area contributed by atoms with E-state index in [0.29, 0.717) is 11.5 Å². The summed E-state index contributed by atoms with van der Waals surface area (Å²) < 4.78 is 34.5. The molecule has 0 saturated heterocycles. The van der Waals surface area contributed by atoms with Crippen molar-refractivity contribution >= 4 is 9.84 Å². The van der Waals surface area contributed by atoms with E-state index in [0.717, 1.165) is 11.1 Å². The van der Waals surface area contributed by atoms with Gasteiger partial charge in [-0.1, -0.05) is 6.07 Å². The molecule has 0 atom stereocenters. The predicted octanol–water partition coefficient (Wildman–Crippen LogP) is 3.05. The third-order valence-electron chi connectivity index (χ3n) is 3.52. The van der Waals surface area contributed by atoms with Crippen LogP contribution in [0.4, 0.5) is 0 Å². The molecule has 1 aromatic heterocycles. The minimum atomic E-state index is -3.44. The maximum atomic E-state index is 12.4. The summed E-state index contributed by atoms with van der Waals surface area (Å²) in [6.45, 7) is 5.21. The summed E-state index contributed by atoms with van der Waals surface area (Å²) in [5.41, 5.74) is 1.72. The highest BCUT2D eigenvalue weighted by molar-refractivity contribution is 7.92. The van der Waals surface area contributed by atoms with Gasteiger partial charge in [0.25, 0.3) is 0 Å². The topological polar surface area (TPSA) is 65.5 Å². The second-order valence-corrected chi connectivity index (χ2v) is 8.72. The lowest BCUT2D eigenvalue weighted by molar-refractivity contribution is 0.174. The van der Waals surface area contributed by atoms with Crippen LogP contribution in [0.1, 0.15) is 20.8 Å². The van der Waals surface area contributed by atoms with Gasteiger partial charge in [0, 0.05) is 11.8 Å². The SMILES string of the molecule is CC(C)(C)S(=O)(=O)c1ccc(-c2ccc3c(c2)OCO3)cn1. The van der Waals surface area contributed by atoms with Gasteiger partial charge in [0.1, 0.15) is 0 Å². The van der Waals surface area contributed by atoms with Gasteiger partial charge in [0.05, 0.1) is 4.75 Å². The Morgan fingerprint density at radius 1 is 1.00 bits per heavy atom. The lowest BCUT2D eigenvalue weighted by Crippen LogP contribution is -2.28. The lowest BCUT2D eigenvalue weighted by Gasteiger charge is -2.18. The smallest absolute Gasteiger partial charge is 0.231 e. The van der Waals surface area contributed by atoms with E-state index < -0.39 is 14.6 Å². The van der Waals surface area contributed by atoms with Gasteiger partial charge in [-0.3, -0.25) is 0 Å². The highest BCUT2D eigenvalue weighted by Gasteiger charge is 2.31. The fourth-order valence-corrected chi connectivity index (χ4v) is 3.17. The largest absolute Gasteiger partial charge is 0.454 e. The summed E-state index contributed by atoms with van der Waals surface area (Å²) in [6.07, 6.45) is 1.57. The number of hydrogen-bond donors (Lipinski definition) is 0. The Hall–Kier alpha value is -2.08. The van der Waals surface area contributed by atoms with Crippen molar-refractivity contribution in [3.63, 3.8) is 0 Å². The first-order chi connectivity index (χ1) is 10.3. The van der Waals surface area contributed by atoms with Crippen LogP contribution in [0.2, 0.25) is 0 Å². The Kier molecular flexibility index (Phi) is 3.36. The summed E-state index contributed by atoms with van der Waals surface area (Å²) in [7, 11) is -3.44. The fourth-order valence-electron chi connectivity index (χ4n) is 2.10. The number of pyridine rings is 1. The minimum Gasteiger partial charge on any atom is -0.454 e. The molecule has 0 unspecified atom stereocenters. The molecule has 0 N–H and O–H groups in total. The van der Waals surface area contributed by atoms with Crippen molar-refractivity contribution < 1.29 is 17.9 Å². The van der Waals surface area contributed by atoms with Crippen molar-refractivity contribution in [1.82, 2.24) is 4.98 Å². The second kappa shape index (κ2) is 4.98. The average molecular weight is 319 g/mol. The van der Waals surface area contributed by atoms with Crippen LogP contribution >= 0.6 is 0 Å². The lowest BCUT2D eigenvalue weighted by atomic mass is 10.1. The zero-order valence-electron chi connectivity index (χ0n) is 12.7. The number of nitrogens with zero attached hydrogens (tertiary/aromatic N) is 1. The van der Waals surface area contributed by atoms with E-state index >= 15 is 0 Å². The van der Waals surface area contributed by atoms with Crippen molar-refractivity contribution in [3.05, 3.63) is 36.5 Å². The predicted molar refractivity (Wildman–Crippen MR) is 82.7 cm³/mol. The van der Waals surface area contributed by atoms with Crippen LogP contribution < -0.4 is 9.47 Å². The van der Waals surface area contributed by atoms with Gasteiger partial charge < -0.3 is 9.47 Å². The van der Waals surface area contributed by atoms with Gasteiger partial charge in [-0.15, -0.1) is 0 Å². The molecule has 1 aliphatic heterocycles. The maximum absolute atomic E-state index is 12.4. The van der Waals surface area contributed by atoms with E-state index in [9.17, 15) is 8.42 Å². The number of fused-ring (bicyclic) bond motifs is 1. The molecule has 3 rings (SSSR count). The molecule has 0 aliphatic carbocycles. The van der Waals surface area contributed by atoms with E-state index in [4.69, 9.17) is 9.47 Å². The van der Waals surface area contributed by atoms with Gasteiger partial charge >= 0.3 is 0 Å². The van der Waals surface area contributed by atoms with Crippen molar-refractivity contribution in [3.8, 4) is 22.6 Å². The summed E-state index contributed by atoms with van der Waals surface area (Å²) in [4.78, 5) is 4.13. The third-order valence-corrected chi connectivity index (χ3v) is 5.93. The summed E-state index contributed by atoms with van der Waals surface area (Å²) >= 11 is 0. The molecule has 116 valence electrons. The van der Waals surface area contributed by atoms with E-state index in [-0.39, 0.29) is 11.8 Å². The van der Waals surface area contributed by atoms with Crippen LogP contribution in [0.15, 0.2) is 41.6 Å². The zero-order valence-corrected chi connectivity index (χ0v) is 13.5. The molecule has 0 amide bonds. The second-order valence-electron chi connectivity index (χ2n) is 6.07. The van der Waals surface area contributed by atoms with Crippen LogP contribution in [0.3, 0.4) is 0 Å². The summed E-state index contributed by atoms with van der Waals surface area (Å²) in [6, 6.07) is 8.88. The van der Waals surface area contributed by atoms with E-state index in [2.05, 4.69) is 4.98 Å². The number of rotatable bonds is 2. The van der Waals surface area contributed by atoms with Crippen LogP contribution in [0.5, 0.6) is 11.5 Å². The average Bonchev–Trinajstić information content (AvgIpc) is 2.93. The molecule has 0 fully saturated rings. The Morgan fingerprint density at radius 3 is 2.32 bits per heavy atom. The van der Waals surface area contributed by atoms with E-state index in [1.54, 1.807) is 39.1 Å². The Labute approximate surface area is 129 Å². The molecule has 6 heteroatoms. The zero-order chi connectivity index (χ0) is 16.0. The summed E-state index contributed by atoms with van der Waals surface area (Å²) in [5, 5.41) is 0.0875. The van der Waals surface area contributed by atoms with Crippen molar-refractivity contribution in [2.24, 2.45) is 0 Å². The first-order valence-electron chi connectivity index (χ1n) is 6.90. The fraction of sp³-hybridized carbons (Fsp3) is 0.312. The molecule has 0 bridgehead atoms. The van der Waals surface area contributed by atoms with E-state index in [1.807, 2.05) is 18.2 Å². The van der Waals surface area contributed by atoms with Gasteiger partial charge in [0.15, 0.2) is 26.4 Å². The quantitative estimate of drug-likeness (QED) is 0.851. The highest BCUT2D eigenvalue weighted by Crippen LogP contribution is 2.36. The maximum Gasteiger partial charge on any atom is 0.231 e. The molecule has 2 aromatic rings. The molecule has 5 nitrogen and oxygen atoms in total. The van der Waals surface area contributed by atoms with Gasteiger partial charge in [-0.2, -0.15) is 0 Å². The first-order valence-corrected chi connectivity index (χ1v) is 8.38. The van der Waals surface area contributed by atoms with Gasteiger partial charge in [0.2, 0.25) is 6.79 Å². The number of ether oxygens (including phenoxy) is 2. The van der Waals surface area contributed by atoms with E-state index in [1.165, 1.54) is 0 Å². The Balaban J connectivity index is 1.95. The minimum absolute atomic E-state index is 0.0875. The first kappa shape index (κ1) is 14.8. The molecule has 0 spiro atoms. The Bertz CT molecular complexity index is 805. The molecular weight excluding hydrogens is 302 g/mol. The Morgan fingerprint density at radius 2 is 1.68 bits per heavy atom. The van der Waals surface area contributed by atoms with Gasteiger partial charge in [-0.05, 0) is 50.6 Å². The molecule has 22 heavy (non-hydrogen) atoms. The highest BCUT2D eigenvalue weighted by atomic mass is 32.2. The molecule has 0 radical (unpaired) electrons. The molecule has 1 aliphatic rings. The molecule has 2 heterocycles. The number of benzene rings is 1. The standard InChI is InChI=1S/C16H17NO4S/c1-16(2,3)22(18,19)15-7-5-12(9-17-15)11-4-6-13-14(8-11)21-10-20-13/h4-9H,10H2,1-3H3. The van der Waals surface area contributed by atoms with Crippen molar-refractivity contribution in [2.45, 2.75) is 30.5 Å². The van der Waals surface area contributed by atoms with Crippen LogP contribution in [0.25, 0.3) is 11.1 Å². The molecular formula is C16H17NO4S. The molecule has 1 aromatic carbocycles. The summed E-state index contributed by atoms with van der Waals surface area (Å²) in [5.74, 6) is 1.40. The van der Waals surface area contributed by atoms with Crippen molar-refractivity contribution in [2.75, 3.05) is 6.79 Å². The number of aromatic nitrogens is 1. The van der Waals surface area contributed by atoms with Crippen LogP contribution in [0, 0.1) is 0 Å². The van der Waals surface area contributed by atoms with Crippen LogP contribution in [-0.2, 0) is 9.84 Å². The van der Waals surface area contributed by atoms with Crippen molar-refractivity contribution in [1.29, 1.82) is 0 Å². The van der Waals surface area contributed by atoms with Gasteiger partial charge in [-0.25, -0.2) is 13.4 Å². The molecule has 0 saturated carbocycles. The number of sulfone groups is 1. The normalized spacial score (nSPS) is 14.1.